The van der Waals surface area contributed by atoms with Crippen molar-refractivity contribution in [1.82, 2.24) is 5.32 Å². The summed E-state index contributed by atoms with van der Waals surface area (Å²) < 4.78 is 11.4. The number of ether oxygens (including phenoxy) is 2. The molecule has 5 heteroatoms. The van der Waals surface area contributed by atoms with Gasteiger partial charge in [-0.2, -0.15) is 0 Å². The quantitative estimate of drug-likeness (QED) is 0.835. The van der Waals surface area contributed by atoms with Gasteiger partial charge in [0, 0.05) is 23.6 Å². The van der Waals surface area contributed by atoms with Gasteiger partial charge in [-0.15, -0.1) is 0 Å². The summed E-state index contributed by atoms with van der Waals surface area (Å²) in [5.41, 5.74) is 1.96. The van der Waals surface area contributed by atoms with Crippen LogP contribution in [0, 0.1) is 0 Å². The lowest BCUT2D eigenvalue weighted by molar-refractivity contribution is -0.137. The minimum absolute atomic E-state index is 0.00488. The van der Waals surface area contributed by atoms with E-state index in [1.807, 2.05) is 26.0 Å². The van der Waals surface area contributed by atoms with Gasteiger partial charge in [0.2, 0.25) is 0 Å². The molecule has 2 atom stereocenters. The van der Waals surface area contributed by atoms with Crippen LogP contribution in [0.1, 0.15) is 37.4 Å². The highest BCUT2D eigenvalue weighted by Gasteiger charge is 2.25. The molecule has 20 heavy (non-hydrogen) atoms. The van der Waals surface area contributed by atoms with Crippen LogP contribution in [-0.2, 0) is 11.2 Å². The first kappa shape index (κ1) is 14.7. The number of hydrogen-bond acceptors (Lipinski definition) is 4. The molecule has 1 heterocycles. The summed E-state index contributed by atoms with van der Waals surface area (Å²) in [4.78, 5) is 11.0. The van der Waals surface area contributed by atoms with Gasteiger partial charge in [-0.25, -0.2) is 0 Å². The number of carboxylic acids is 1. The van der Waals surface area contributed by atoms with Crippen molar-refractivity contribution >= 4 is 5.97 Å². The van der Waals surface area contributed by atoms with Crippen molar-refractivity contribution in [2.45, 2.75) is 38.8 Å². The summed E-state index contributed by atoms with van der Waals surface area (Å²) in [6.07, 6.45) is 1.02. The molecule has 0 radical (unpaired) electrons. The van der Waals surface area contributed by atoms with Crippen molar-refractivity contribution < 1.29 is 19.4 Å². The minimum Gasteiger partial charge on any atom is -0.494 e. The Morgan fingerprint density at radius 2 is 2.35 bits per heavy atom. The van der Waals surface area contributed by atoms with Crippen LogP contribution in [0.4, 0.5) is 0 Å². The van der Waals surface area contributed by atoms with E-state index in [1.54, 1.807) is 7.05 Å². The predicted octanol–water partition coefficient (Wildman–Crippen LogP) is 2.14. The van der Waals surface area contributed by atoms with Crippen molar-refractivity contribution in [3.63, 3.8) is 0 Å². The summed E-state index contributed by atoms with van der Waals surface area (Å²) in [5.74, 6) is 0.729. The van der Waals surface area contributed by atoms with E-state index in [9.17, 15) is 4.79 Å². The fourth-order valence-corrected chi connectivity index (χ4v) is 2.55. The van der Waals surface area contributed by atoms with Crippen molar-refractivity contribution in [3.05, 3.63) is 23.3 Å². The van der Waals surface area contributed by atoms with Crippen molar-refractivity contribution in [2.24, 2.45) is 0 Å². The van der Waals surface area contributed by atoms with Crippen LogP contribution < -0.4 is 14.8 Å². The SMILES string of the molecule is CCOc1cc2c(cc1C(CC(=O)O)NC)OC(C)C2. The molecule has 2 unspecified atom stereocenters. The zero-order chi connectivity index (χ0) is 14.7. The summed E-state index contributed by atoms with van der Waals surface area (Å²) in [5, 5.41) is 12.1. The molecule has 110 valence electrons. The Morgan fingerprint density at radius 1 is 1.60 bits per heavy atom. The first-order chi connectivity index (χ1) is 9.55. The lowest BCUT2D eigenvalue weighted by Crippen LogP contribution is -2.20. The molecule has 0 bridgehead atoms. The molecule has 2 rings (SSSR count). The van der Waals surface area contributed by atoms with Gasteiger partial charge in [-0.1, -0.05) is 0 Å². The van der Waals surface area contributed by atoms with Gasteiger partial charge in [0.1, 0.15) is 17.6 Å². The van der Waals surface area contributed by atoms with Crippen LogP contribution >= 0.6 is 0 Å². The van der Waals surface area contributed by atoms with Gasteiger partial charge >= 0.3 is 5.97 Å². The van der Waals surface area contributed by atoms with E-state index >= 15 is 0 Å². The maximum absolute atomic E-state index is 11.0. The predicted molar refractivity (Wildman–Crippen MR) is 75.5 cm³/mol. The average molecular weight is 279 g/mol. The lowest BCUT2D eigenvalue weighted by Gasteiger charge is -2.19. The molecule has 0 amide bonds. The maximum Gasteiger partial charge on any atom is 0.305 e. The second-order valence-corrected chi connectivity index (χ2v) is 5.00. The summed E-state index contributed by atoms with van der Waals surface area (Å²) >= 11 is 0. The Balaban J connectivity index is 2.39. The molecule has 0 saturated carbocycles. The maximum atomic E-state index is 11.0. The number of nitrogens with one attached hydrogen (secondary N) is 1. The average Bonchev–Trinajstić information content (AvgIpc) is 2.74. The summed E-state index contributed by atoms with van der Waals surface area (Å²) in [6, 6.07) is 3.59. The molecule has 0 fully saturated rings. The third-order valence-corrected chi connectivity index (χ3v) is 3.43. The van der Waals surface area contributed by atoms with E-state index in [4.69, 9.17) is 14.6 Å². The third-order valence-electron chi connectivity index (χ3n) is 3.43. The molecule has 0 spiro atoms. The van der Waals surface area contributed by atoms with E-state index < -0.39 is 5.97 Å². The number of carbonyl (C=O) groups is 1. The molecule has 1 aliphatic heterocycles. The molecule has 2 N–H and O–H groups in total. The normalized spacial score (nSPS) is 18.2. The largest absolute Gasteiger partial charge is 0.494 e. The Bertz CT molecular complexity index is 501. The standard InChI is InChI=1S/C15H21NO4/c1-4-19-14-6-10-5-9(2)20-13(10)7-11(14)12(16-3)8-15(17)18/h6-7,9,12,16H,4-5,8H2,1-3H3,(H,17,18). The van der Waals surface area contributed by atoms with E-state index in [2.05, 4.69) is 5.32 Å². The van der Waals surface area contributed by atoms with Crippen LogP contribution in [0.3, 0.4) is 0 Å². The number of carboxylic acid groups (broad SMARTS) is 1. The Labute approximate surface area is 118 Å². The Kier molecular flexibility index (Phi) is 4.49. The summed E-state index contributed by atoms with van der Waals surface area (Å²) in [7, 11) is 1.75. The second kappa shape index (κ2) is 6.13. The molecule has 0 aromatic heterocycles. The van der Waals surface area contributed by atoms with Crippen LogP contribution in [0.5, 0.6) is 11.5 Å². The molecule has 0 saturated heterocycles. The van der Waals surface area contributed by atoms with Gasteiger partial charge < -0.3 is 19.9 Å². The van der Waals surface area contributed by atoms with Crippen molar-refractivity contribution in [3.8, 4) is 11.5 Å². The summed E-state index contributed by atoms with van der Waals surface area (Å²) in [6.45, 7) is 4.49. The van der Waals surface area contributed by atoms with Gasteiger partial charge in [-0.05, 0) is 33.0 Å². The van der Waals surface area contributed by atoms with Crippen molar-refractivity contribution in [2.75, 3.05) is 13.7 Å². The molecule has 1 aromatic carbocycles. The fraction of sp³-hybridized carbons (Fsp3) is 0.533. The first-order valence-electron chi connectivity index (χ1n) is 6.90. The molecule has 5 nitrogen and oxygen atoms in total. The van der Waals surface area contributed by atoms with Gasteiger partial charge in [-0.3, -0.25) is 4.79 Å². The van der Waals surface area contributed by atoms with Crippen LogP contribution in [0.2, 0.25) is 0 Å². The van der Waals surface area contributed by atoms with E-state index in [0.29, 0.717) is 6.61 Å². The zero-order valence-electron chi connectivity index (χ0n) is 12.1. The lowest BCUT2D eigenvalue weighted by atomic mass is 9.99. The number of aliphatic carboxylic acids is 1. The monoisotopic (exact) mass is 279 g/mol. The number of fused-ring (bicyclic) bond motifs is 1. The Morgan fingerprint density at radius 3 is 2.95 bits per heavy atom. The molecule has 0 aliphatic carbocycles. The van der Waals surface area contributed by atoms with Crippen LogP contribution in [-0.4, -0.2) is 30.8 Å². The highest BCUT2D eigenvalue weighted by molar-refractivity contribution is 5.68. The van der Waals surface area contributed by atoms with E-state index in [1.165, 1.54) is 0 Å². The second-order valence-electron chi connectivity index (χ2n) is 5.00. The van der Waals surface area contributed by atoms with Crippen LogP contribution in [0.25, 0.3) is 0 Å². The van der Waals surface area contributed by atoms with Gasteiger partial charge in [0.15, 0.2) is 0 Å². The van der Waals surface area contributed by atoms with Crippen molar-refractivity contribution in [1.29, 1.82) is 0 Å². The third kappa shape index (κ3) is 3.04. The topological polar surface area (TPSA) is 67.8 Å². The van der Waals surface area contributed by atoms with E-state index in [0.717, 1.165) is 29.0 Å². The number of benzene rings is 1. The molecular formula is C15H21NO4. The number of hydrogen-bond donors (Lipinski definition) is 2. The van der Waals surface area contributed by atoms with E-state index in [-0.39, 0.29) is 18.6 Å². The Hall–Kier alpha value is -1.75. The minimum atomic E-state index is -0.846. The fourth-order valence-electron chi connectivity index (χ4n) is 2.55. The zero-order valence-corrected chi connectivity index (χ0v) is 12.1. The van der Waals surface area contributed by atoms with Gasteiger partial charge in [0.05, 0.1) is 13.0 Å². The first-order valence-corrected chi connectivity index (χ1v) is 6.90. The molecule has 1 aromatic rings. The molecular weight excluding hydrogens is 258 g/mol. The smallest absolute Gasteiger partial charge is 0.305 e. The van der Waals surface area contributed by atoms with Crippen LogP contribution in [0.15, 0.2) is 12.1 Å². The molecule has 1 aliphatic rings. The number of rotatable bonds is 6. The highest BCUT2D eigenvalue weighted by Crippen LogP contribution is 2.38. The van der Waals surface area contributed by atoms with Gasteiger partial charge in [0.25, 0.3) is 0 Å². The highest BCUT2D eigenvalue weighted by atomic mass is 16.5.